The zero-order valence-corrected chi connectivity index (χ0v) is 10.1. The molecule has 1 aromatic carbocycles. The molecule has 0 bridgehead atoms. The smallest absolute Gasteiger partial charge is 0.409 e. The van der Waals surface area contributed by atoms with Crippen molar-refractivity contribution >= 4 is 6.09 Å². The van der Waals surface area contributed by atoms with Gasteiger partial charge in [0.25, 0.3) is 0 Å². The Bertz CT molecular complexity index is 363. The van der Waals surface area contributed by atoms with E-state index in [4.69, 9.17) is 4.74 Å². The Hall–Kier alpha value is -1.55. The van der Waals surface area contributed by atoms with E-state index in [1.807, 2.05) is 30.3 Å². The molecule has 17 heavy (non-hydrogen) atoms. The monoisotopic (exact) mass is 234 g/mol. The van der Waals surface area contributed by atoms with Crippen molar-refractivity contribution in [3.63, 3.8) is 0 Å². The minimum Gasteiger partial charge on any atom is -0.445 e. The molecule has 1 heterocycles. The van der Waals surface area contributed by atoms with Gasteiger partial charge < -0.3 is 15.0 Å². The van der Waals surface area contributed by atoms with Crippen LogP contribution in [-0.4, -0.2) is 37.7 Å². The lowest BCUT2D eigenvalue weighted by Crippen LogP contribution is -2.48. The minimum atomic E-state index is -0.249. The van der Waals surface area contributed by atoms with Crippen LogP contribution in [0, 0.1) is 5.92 Å². The topological polar surface area (TPSA) is 41.6 Å². The van der Waals surface area contributed by atoms with Gasteiger partial charge >= 0.3 is 6.09 Å². The maximum Gasteiger partial charge on any atom is 0.409 e. The highest BCUT2D eigenvalue weighted by Crippen LogP contribution is 2.07. The number of hydrogen-bond donors (Lipinski definition) is 1. The third-order valence-electron chi connectivity index (χ3n) is 2.91. The molecule has 0 unspecified atom stereocenters. The summed E-state index contributed by atoms with van der Waals surface area (Å²) in [7, 11) is 1.78. The summed E-state index contributed by atoms with van der Waals surface area (Å²) in [6.45, 7) is 3.10. The van der Waals surface area contributed by atoms with Crippen molar-refractivity contribution in [2.75, 3.05) is 26.7 Å². The van der Waals surface area contributed by atoms with Crippen LogP contribution in [0.2, 0.25) is 0 Å². The largest absolute Gasteiger partial charge is 0.445 e. The number of carbonyl (C=O) groups excluding carboxylic acids is 1. The Morgan fingerprint density at radius 2 is 2.12 bits per heavy atom. The summed E-state index contributed by atoms with van der Waals surface area (Å²) >= 11 is 0. The summed E-state index contributed by atoms with van der Waals surface area (Å²) in [5.41, 5.74) is 1.01. The van der Waals surface area contributed by atoms with Crippen LogP contribution < -0.4 is 5.32 Å². The molecule has 1 saturated heterocycles. The van der Waals surface area contributed by atoms with E-state index >= 15 is 0 Å². The van der Waals surface area contributed by atoms with E-state index in [0.717, 1.165) is 25.2 Å². The van der Waals surface area contributed by atoms with Gasteiger partial charge in [0.1, 0.15) is 6.61 Å². The third-order valence-corrected chi connectivity index (χ3v) is 2.91. The van der Waals surface area contributed by atoms with Crippen molar-refractivity contribution in [1.29, 1.82) is 0 Å². The van der Waals surface area contributed by atoms with Crippen molar-refractivity contribution < 1.29 is 9.53 Å². The Morgan fingerprint density at radius 1 is 1.41 bits per heavy atom. The van der Waals surface area contributed by atoms with Gasteiger partial charge in [-0.25, -0.2) is 4.79 Å². The number of rotatable bonds is 4. The van der Waals surface area contributed by atoms with Gasteiger partial charge in [-0.3, -0.25) is 0 Å². The average Bonchev–Trinajstić information content (AvgIpc) is 2.32. The highest BCUT2D eigenvalue weighted by Gasteiger charge is 2.21. The summed E-state index contributed by atoms with van der Waals surface area (Å²) in [6.07, 6.45) is -0.249. The molecule has 4 heteroatoms. The maximum absolute atomic E-state index is 11.7. The van der Waals surface area contributed by atoms with Crippen molar-refractivity contribution in [3.05, 3.63) is 35.9 Å². The Morgan fingerprint density at radius 3 is 2.71 bits per heavy atom. The van der Waals surface area contributed by atoms with E-state index in [-0.39, 0.29) is 6.09 Å². The van der Waals surface area contributed by atoms with E-state index in [2.05, 4.69) is 5.32 Å². The second kappa shape index (κ2) is 5.68. The van der Waals surface area contributed by atoms with Gasteiger partial charge in [0, 0.05) is 32.6 Å². The molecule has 0 spiro atoms. The highest BCUT2D eigenvalue weighted by atomic mass is 16.6. The molecule has 1 N–H and O–H groups in total. The molecular formula is C13H18N2O2. The van der Waals surface area contributed by atoms with Crippen LogP contribution in [-0.2, 0) is 11.3 Å². The van der Waals surface area contributed by atoms with Gasteiger partial charge in [-0.1, -0.05) is 30.3 Å². The zero-order chi connectivity index (χ0) is 12.1. The lowest BCUT2D eigenvalue weighted by molar-refractivity contribution is 0.0955. The Kier molecular flexibility index (Phi) is 3.98. The fourth-order valence-corrected chi connectivity index (χ4v) is 1.77. The fourth-order valence-electron chi connectivity index (χ4n) is 1.77. The summed E-state index contributed by atoms with van der Waals surface area (Å²) in [5, 5.41) is 3.18. The lowest BCUT2D eigenvalue weighted by atomic mass is 10.0. The predicted octanol–water partition coefficient (Wildman–Crippen LogP) is 1.47. The number of nitrogens with one attached hydrogen (secondary N) is 1. The third kappa shape index (κ3) is 3.46. The van der Waals surface area contributed by atoms with Crippen LogP contribution in [0.25, 0.3) is 0 Å². The molecule has 1 aromatic rings. The van der Waals surface area contributed by atoms with Crippen LogP contribution >= 0.6 is 0 Å². The molecule has 0 aromatic heterocycles. The van der Waals surface area contributed by atoms with Crippen molar-refractivity contribution in [1.82, 2.24) is 10.2 Å². The van der Waals surface area contributed by atoms with Gasteiger partial charge in [0.05, 0.1) is 0 Å². The molecule has 0 aliphatic carbocycles. The van der Waals surface area contributed by atoms with Gasteiger partial charge in [0.15, 0.2) is 0 Å². The van der Waals surface area contributed by atoms with Crippen molar-refractivity contribution in [2.45, 2.75) is 6.61 Å². The molecule has 1 fully saturated rings. The second-order valence-electron chi connectivity index (χ2n) is 4.44. The van der Waals surface area contributed by atoms with Crippen LogP contribution in [0.3, 0.4) is 0 Å². The molecule has 2 rings (SSSR count). The fraction of sp³-hybridized carbons (Fsp3) is 0.462. The molecule has 4 nitrogen and oxygen atoms in total. The molecule has 0 radical (unpaired) electrons. The first kappa shape index (κ1) is 11.9. The van der Waals surface area contributed by atoms with E-state index in [1.54, 1.807) is 11.9 Å². The van der Waals surface area contributed by atoms with E-state index in [0.29, 0.717) is 12.5 Å². The number of hydrogen-bond acceptors (Lipinski definition) is 3. The van der Waals surface area contributed by atoms with Crippen LogP contribution in [0.4, 0.5) is 4.79 Å². The van der Waals surface area contributed by atoms with Crippen molar-refractivity contribution in [3.8, 4) is 0 Å². The van der Waals surface area contributed by atoms with Gasteiger partial charge in [-0.05, 0) is 5.56 Å². The van der Waals surface area contributed by atoms with E-state index < -0.39 is 0 Å². The normalized spacial score (nSPS) is 15.1. The van der Waals surface area contributed by atoms with Crippen LogP contribution in [0.15, 0.2) is 30.3 Å². The summed E-state index contributed by atoms with van der Waals surface area (Å²) in [5.74, 6) is 0.573. The lowest BCUT2D eigenvalue weighted by Gasteiger charge is -2.30. The first-order chi connectivity index (χ1) is 8.25. The van der Waals surface area contributed by atoms with Gasteiger partial charge in [-0.2, -0.15) is 0 Å². The van der Waals surface area contributed by atoms with Crippen LogP contribution in [0.1, 0.15) is 5.56 Å². The average molecular weight is 234 g/mol. The number of amides is 1. The summed E-state index contributed by atoms with van der Waals surface area (Å²) in [6, 6.07) is 9.72. The van der Waals surface area contributed by atoms with Crippen molar-refractivity contribution in [2.24, 2.45) is 5.92 Å². The Labute approximate surface area is 102 Å². The first-order valence-electron chi connectivity index (χ1n) is 5.88. The Balaban J connectivity index is 1.72. The van der Waals surface area contributed by atoms with E-state index in [9.17, 15) is 4.79 Å². The molecule has 0 saturated carbocycles. The van der Waals surface area contributed by atoms with Gasteiger partial charge in [0.2, 0.25) is 0 Å². The summed E-state index contributed by atoms with van der Waals surface area (Å²) in [4.78, 5) is 13.3. The molecule has 1 amide bonds. The summed E-state index contributed by atoms with van der Waals surface area (Å²) < 4.78 is 5.23. The minimum absolute atomic E-state index is 0.249. The molecule has 1 aliphatic heterocycles. The maximum atomic E-state index is 11.7. The number of ether oxygens (including phenoxy) is 1. The molecule has 1 aliphatic rings. The number of carbonyl (C=O) groups is 1. The molecule has 0 atom stereocenters. The molecular weight excluding hydrogens is 216 g/mol. The molecule has 92 valence electrons. The highest BCUT2D eigenvalue weighted by molar-refractivity contribution is 5.67. The number of benzene rings is 1. The second-order valence-corrected chi connectivity index (χ2v) is 4.44. The first-order valence-corrected chi connectivity index (χ1v) is 5.88. The van der Waals surface area contributed by atoms with E-state index in [1.165, 1.54) is 0 Å². The zero-order valence-electron chi connectivity index (χ0n) is 10.1. The quantitative estimate of drug-likeness (QED) is 0.858. The SMILES string of the molecule is CN(CC1CNC1)C(=O)OCc1ccccc1. The number of nitrogens with zero attached hydrogens (tertiary/aromatic N) is 1. The standard InChI is InChI=1S/C13H18N2O2/c1-15(9-12-7-14-8-12)13(16)17-10-11-5-3-2-4-6-11/h2-6,12,14H,7-10H2,1H3. The van der Waals surface area contributed by atoms with Crippen LogP contribution in [0.5, 0.6) is 0 Å². The predicted molar refractivity (Wildman–Crippen MR) is 65.6 cm³/mol. The van der Waals surface area contributed by atoms with Gasteiger partial charge in [-0.15, -0.1) is 0 Å².